The van der Waals surface area contributed by atoms with Crippen LogP contribution in [0.3, 0.4) is 0 Å². The molecule has 0 aliphatic heterocycles. The highest BCUT2D eigenvalue weighted by atomic mass is 16.2. The second-order valence-corrected chi connectivity index (χ2v) is 4.72. The van der Waals surface area contributed by atoms with Crippen molar-refractivity contribution in [1.82, 2.24) is 5.32 Å². The summed E-state index contributed by atoms with van der Waals surface area (Å²) in [5.41, 5.74) is 14.3. The molecule has 0 bridgehead atoms. The third kappa shape index (κ3) is 6.39. The monoisotopic (exact) mass is 271 g/mol. The van der Waals surface area contributed by atoms with E-state index in [0.717, 1.165) is 0 Å². The Hall–Kier alpha value is -2.12. The van der Waals surface area contributed by atoms with Crippen LogP contribution in [0.4, 0.5) is 0 Å². The topological polar surface area (TPSA) is 154 Å². The highest BCUT2D eigenvalue weighted by molar-refractivity contribution is 5.98. The average Bonchev–Trinajstić information content (AvgIpc) is 2.31. The maximum Gasteiger partial charge on any atom is 0.240 e. The first-order valence-corrected chi connectivity index (χ1v) is 5.82. The zero-order valence-corrected chi connectivity index (χ0v) is 11.2. The Morgan fingerprint density at radius 2 is 1.89 bits per heavy atom. The molecule has 0 saturated carbocycles. The number of rotatable bonds is 8. The van der Waals surface area contributed by atoms with Gasteiger partial charge in [0.05, 0.1) is 5.41 Å². The van der Waals surface area contributed by atoms with E-state index < -0.39 is 23.3 Å². The molecule has 0 saturated heterocycles. The van der Waals surface area contributed by atoms with E-state index in [1.165, 1.54) is 13.8 Å². The largest absolute Gasteiger partial charge is 0.370 e. The van der Waals surface area contributed by atoms with Gasteiger partial charge in [0, 0.05) is 6.54 Å². The summed E-state index contributed by atoms with van der Waals surface area (Å²) in [7, 11) is 0. The van der Waals surface area contributed by atoms with Crippen LogP contribution < -0.4 is 22.5 Å². The van der Waals surface area contributed by atoms with Gasteiger partial charge < -0.3 is 27.3 Å². The van der Waals surface area contributed by atoms with E-state index in [1.54, 1.807) is 0 Å². The van der Waals surface area contributed by atoms with E-state index in [4.69, 9.17) is 17.2 Å². The third-order valence-corrected chi connectivity index (χ3v) is 2.47. The molecule has 0 aromatic heterocycles. The Kier molecular flexibility index (Phi) is 6.53. The lowest BCUT2D eigenvalue weighted by atomic mass is 9.94. The van der Waals surface area contributed by atoms with Crippen LogP contribution >= 0.6 is 0 Å². The maximum atomic E-state index is 11.7. The number of guanidine groups is 1. The number of hydrogen-bond acceptors (Lipinski definition) is 4. The zero-order valence-electron chi connectivity index (χ0n) is 11.2. The minimum atomic E-state index is -1.20. The smallest absolute Gasteiger partial charge is 0.240 e. The van der Waals surface area contributed by atoms with Crippen LogP contribution in [0, 0.1) is 5.41 Å². The van der Waals surface area contributed by atoms with Crippen LogP contribution in [0.15, 0.2) is 4.99 Å². The van der Waals surface area contributed by atoms with Gasteiger partial charge in [-0.05, 0) is 26.7 Å². The Bertz CT molecular complexity index is 375. The fraction of sp³-hybridized carbons (Fsp3) is 0.636. The fourth-order valence-corrected chi connectivity index (χ4v) is 1.19. The summed E-state index contributed by atoms with van der Waals surface area (Å²) in [6, 6.07) is -0.846. The molecule has 0 aromatic carbocycles. The molecule has 1 atom stereocenters. The van der Waals surface area contributed by atoms with Crippen molar-refractivity contribution in [3.05, 3.63) is 0 Å². The summed E-state index contributed by atoms with van der Waals surface area (Å²) in [6.07, 6.45) is 1.29. The molecule has 7 N–H and O–H groups in total. The predicted molar refractivity (Wildman–Crippen MR) is 70.9 cm³/mol. The molecule has 108 valence electrons. The van der Waals surface area contributed by atoms with Gasteiger partial charge in [0.15, 0.2) is 5.96 Å². The van der Waals surface area contributed by atoms with Gasteiger partial charge in [-0.15, -0.1) is 0 Å². The second kappa shape index (κ2) is 7.34. The number of nitrogens with two attached hydrogens (primary N) is 3. The Balaban J connectivity index is 4.43. The van der Waals surface area contributed by atoms with E-state index >= 15 is 0 Å². The molecular formula is C11H21N5O3. The molecule has 19 heavy (non-hydrogen) atoms. The average molecular weight is 271 g/mol. The number of hydrogen-bond donors (Lipinski definition) is 4. The van der Waals surface area contributed by atoms with Gasteiger partial charge in [-0.2, -0.15) is 0 Å². The highest BCUT2D eigenvalue weighted by Gasteiger charge is 2.30. The highest BCUT2D eigenvalue weighted by Crippen LogP contribution is 2.11. The van der Waals surface area contributed by atoms with E-state index in [2.05, 4.69) is 10.3 Å². The van der Waals surface area contributed by atoms with Gasteiger partial charge in [0.1, 0.15) is 12.3 Å². The molecule has 0 aliphatic carbocycles. The Morgan fingerprint density at radius 1 is 1.32 bits per heavy atom. The summed E-state index contributed by atoms with van der Waals surface area (Å²) < 4.78 is 0. The molecule has 2 amide bonds. The fourth-order valence-electron chi connectivity index (χ4n) is 1.19. The van der Waals surface area contributed by atoms with Crippen molar-refractivity contribution in [2.24, 2.45) is 27.6 Å². The molecule has 8 heteroatoms. The van der Waals surface area contributed by atoms with E-state index in [-0.39, 0.29) is 5.96 Å². The van der Waals surface area contributed by atoms with Gasteiger partial charge in [0.25, 0.3) is 0 Å². The summed E-state index contributed by atoms with van der Waals surface area (Å²) in [6.45, 7) is 3.23. The van der Waals surface area contributed by atoms with E-state index in [9.17, 15) is 14.4 Å². The van der Waals surface area contributed by atoms with Crippen LogP contribution in [0.2, 0.25) is 0 Å². The number of aliphatic imine (C=N–C) groups is 1. The van der Waals surface area contributed by atoms with Gasteiger partial charge in [-0.3, -0.25) is 14.6 Å². The molecule has 0 fully saturated rings. The van der Waals surface area contributed by atoms with Crippen LogP contribution in [0.25, 0.3) is 0 Å². The lowest BCUT2D eigenvalue weighted by molar-refractivity contribution is -0.137. The van der Waals surface area contributed by atoms with Crippen LogP contribution in [-0.2, 0) is 14.4 Å². The molecule has 0 unspecified atom stereocenters. The van der Waals surface area contributed by atoms with Gasteiger partial charge in [-0.25, -0.2) is 0 Å². The first-order chi connectivity index (χ1) is 8.70. The summed E-state index contributed by atoms with van der Waals surface area (Å²) >= 11 is 0. The number of carbonyl (C=O) groups is 3. The second-order valence-electron chi connectivity index (χ2n) is 4.72. The van der Waals surface area contributed by atoms with Gasteiger partial charge in [-0.1, -0.05) is 0 Å². The predicted octanol–water partition coefficient (Wildman–Crippen LogP) is -1.76. The molecule has 0 rings (SSSR count). The van der Waals surface area contributed by atoms with Crippen LogP contribution in [-0.4, -0.2) is 36.6 Å². The van der Waals surface area contributed by atoms with Crippen molar-refractivity contribution < 1.29 is 14.4 Å². The Labute approximate surface area is 111 Å². The normalized spacial score (nSPS) is 12.3. The van der Waals surface area contributed by atoms with Crippen molar-refractivity contribution in [2.75, 3.05) is 6.54 Å². The van der Waals surface area contributed by atoms with E-state index in [1.807, 2.05) is 0 Å². The van der Waals surface area contributed by atoms with Crippen molar-refractivity contribution in [1.29, 1.82) is 0 Å². The Morgan fingerprint density at radius 3 is 2.32 bits per heavy atom. The van der Waals surface area contributed by atoms with Crippen molar-refractivity contribution in [2.45, 2.75) is 32.7 Å². The molecular weight excluding hydrogens is 250 g/mol. The lowest BCUT2D eigenvalue weighted by Gasteiger charge is -2.21. The minimum absolute atomic E-state index is 0.0400. The van der Waals surface area contributed by atoms with Crippen molar-refractivity contribution in [3.8, 4) is 0 Å². The molecule has 0 aromatic rings. The molecule has 0 heterocycles. The molecule has 0 aliphatic rings. The van der Waals surface area contributed by atoms with Crippen LogP contribution in [0.5, 0.6) is 0 Å². The first kappa shape index (κ1) is 16.9. The maximum absolute atomic E-state index is 11.7. The summed E-state index contributed by atoms with van der Waals surface area (Å²) in [4.78, 5) is 37.4. The molecule has 8 nitrogen and oxygen atoms in total. The minimum Gasteiger partial charge on any atom is -0.370 e. The van der Waals surface area contributed by atoms with E-state index in [0.29, 0.717) is 25.7 Å². The van der Waals surface area contributed by atoms with Gasteiger partial charge in [0.2, 0.25) is 11.8 Å². The van der Waals surface area contributed by atoms with Crippen LogP contribution in [0.1, 0.15) is 26.7 Å². The number of amides is 2. The van der Waals surface area contributed by atoms with Crippen molar-refractivity contribution >= 4 is 24.1 Å². The lowest BCUT2D eigenvalue weighted by Crippen LogP contribution is -2.49. The molecule has 0 radical (unpaired) electrons. The molecule has 0 spiro atoms. The standard InChI is InChI=1S/C11H21N5O3/c1-11(2,6-17)9(19)16-7(8(12)18)4-3-5-15-10(13)14/h6-7H,3-5H2,1-2H3,(H2,12,18)(H,16,19)(H4,13,14,15)/t7-/m1/s1. The van der Waals surface area contributed by atoms with Gasteiger partial charge >= 0.3 is 0 Å². The summed E-state index contributed by atoms with van der Waals surface area (Å²) in [5.74, 6) is -1.25. The first-order valence-electron chi connectivity index (χ1n) is 5.82. The summed E-state index contributed by atoms with van der Waals surface area (Å²) in [5, 5.41) is 2.44. The number of carbonyl (C=O) groups excluding carboxylic acids is 3. The zero-order chi connectivity index (χ0) is 15.1. The quantitative estimate of drug-likeness (QED) is 0.135. The third-order valence-electron chi connectivity index (χ3n) is 2.47. The van der Waals surface area contributed by atoms with Crippen molar-refractivity contribution in [3.63, 3.8) is 0 Å². The number of primary amides is 1. The number of aldehydes is 1. The number of nitrogens with one attached hydrogen (secondary N) is 1. The number of nitrogens with zero attached hydrogens (tertiary/aromatic N) is 1. The SMILES string of the molecule is CC(C)(C=O)C(=O)N[C@H](CCCN=C(N)N)C(N)=O.